The van der Waals surface area contributed by atoms with Crippen molar-refractivity contribution in [3.63, 3.8) is 0 Å². The van der Waals surface area contributed by atoms with Crippen molar-refractivity contribution < 1.29 is 14.3 Å². The van der Waals surface area contributed by atoms with Gasteiger partial charge in [0, 0.05) is 38.1 Å². The number of carbonyl (C=O) groups excluding carboxylic acids is 2. The van der Waals surface area contributed by atoms with Crippen LogP contribution < -0.4 is 5.73 Å². The van der Waals surface area contributed by atoms with Crippen molar-refractivity contribution in [3.8, 4) is 0 Å². The van der Waals surface area contributed by atoms with Crippen LogP contribution in [-0.4, -0.2) is 67.6 Å². The summed E-state index contributed by atoms with van der Waals surface area (Å²) in [7, 11) is 1.39. The molecule has 1 saturated heterocycles. The average molecular weight is 269 g/mol. The second-order valence-corrected chi connectivity index (χ2v) is 5.45. The number of carbonyl (C=O) groups is 2. The Labute approximate surface area is 113 Å². The van der Waals surface area contributed by atoms with E-state index >= 15 is 0 Å². The Bertz CT molecular complexity index is 340. The predicted octanol–water partition coefficient (Wildman–Crippen LogP) is -0.569. The number of ether oxygens (including phenoxy) is 1. The van der Waals surface area contributed by atoms with Gasteiger partial charge in [-0.1, -0.05) is 0 Å². The molecular weight excluding hydrogens is 246 g/mol. The minimum atomic E-state index is -0.221. The van der Waals surface area contributed by atoms with E-state index in [1.807, 2.05) is 9.80 Å². The van der Waals surface area contributed by atoms with Gasteiger partial charge in [0.1, 0.15) is 0 Å². The summed E-state index contributed by atoms with van der Waals surface area (Å²) in [4.78, 5) is 27.4. The normalized spacial score (nSPS) is 28.4. The number of methoxy groups -OCH3 is 1. The lowest BCUT2D eigenvalue weighted by Gasteiger charge is -2.35. The van der Waals surface area contributed by atoms with Crippen molar-refractivity contribution in [1.29, 1.82) is 0 Å². The first-order valence-corrected chi connectivity index (χ1v) is 6.93. The Morgan fingerprint density at radius 2 is 1.89 bits per heavy atom. The maximum absolute atomic E-state index is 12.3. The van der Waals surface area contributed by atoms with Gasteiger partial charge in [0.15, 0.2) is 0 Å². The van der Waals surface area contributed by atoms with Crippen LogP contribution in [0.3, 0.4) is 0 Å². The van der Waals surface area contributed by atoms with Crippen LogP contribution in [0.1, 0.15) is 19.3 Å². The van der Waals surface area contributed by atoms with Gasteiger partial charge in [0.05, 0.1) is 13.7 Å². The van der Waals surface area contributed by atoms with E-state index in [1.165, 1.54) is 7.11 Å². The van der Waals surface area contributed by atoms with E-state index in [2.05, 4.69) is 4.74 Å². The van der Waals surface area contributed by atoms with Gasteiger partial charge >= 0.3 is 5.97 Å². The smallest absolute Gasteiger partial charge is 0.319 e. The zero-order valence-electron chi connectivity index (χ0n) is 11.5. The fraction of sp³-hybridized carbons (Fsp3) is 0.846. The molecule has 1 aliphatic heterocycles. The lowest BCUT2D eigenvalue weighted by Crippen LogP contribution is -2.51. The molecule has 0 bridgehead atoms. The summed E-state index contributed by atoms with van der Waals surface area (Å²) in [5.74, 6) is 0.134. The van der Waals surface area contributed by atoms with Crippen LogP contribution in [0.4, 0.5) is 0 Å². The van der Waals surface area contributed by atoms with Crippen LogP contribution in [0, 0.1) is 5.92 Å². The lowest BCUT2D eigenvalue weighted by atomic mass is 10.1. The zero-order chi connectivity index (χ0) is 13.8. The average Bonchev–Trinajstić information content (AvgIpc) is 2.85. The molecule has 19 heavy (non-hydrogen) atoms. The van der Waals surface area contributed by atoms with Crippen LogP contribution in [0.25, 0.3) is 0 Å². The molecule has 1 aliphatic carbocycles. The highest BCUT2D eigenvalue weighted by molar-refractivity contribution is 5.79. The van der Waals surface area contributed by atoms with Gasteiger partial charge in [-0.05, 0) is 19.3 Å². The predicted molar refractivity (Wildman–Crippen MR) is 70.4 cm³/mol. The molecule has 2 N–H and O–H groups in total. The van der Waals surface area contributed by atoms with E-state index in [0.717, 1.165) is 32.4 Å². The van der Waals surface area contributed by atoms with E-state index in [-0.39, 0.29) is 23.8 Å². The molecular formula is C13H23N3O3. The Morgan fingerprint density at radius 3 is 2.42 bits per heavy atom. The van der Waals surface area contributed by atoms with Crippen molar-refractivity contribution in [1.82, 2.24) is 9.80 Å². The second kappa shape index (κ2) is 6.34. The first-order chi connectivity index (χ1) is 9.10. The highest BCUT2D eigenvalue weighted by Crippen LogP contribution is 2.26. The Kier molecular flexibility index (Phi) is 4.76. The molecule has 0 aromatic heterocycles. The van der Waals surface area contributed by atoms with Gasteiger partial charge in [0.25, 0.3) is 0 Å². The monoisotopic (exact) mass is 269 g/mol. The number of nitrogens with zero attached hydrogens (tertiary/aromatic N) is 2. The molecule has 1 heterocycles. The molecule has 2 rings (SSSR count). The van der Waals surface area contributed by atoms with Crippen molar-refractivity contribution in [2.24, 2.45) is 11.7 Å². The molecule has 108 valence electrons. The number of hydrogen-bond acceptors (Lipinski definition) is 5. The fourth-order valence-electron chi connectivity index (χ4n) is 2.87. The third-order valence-electron chi connectivity index (χ3n) is 4.09. The molecule has 6 nitrogen and oxygen atoms in total. The van der Waals surface area contributed by atoms with E-state index < -0.39 is 0 Å². The van der Waals surface area contributed by atoms with E-state index in [1.54, 1.807) is 0 Å². The SMILES string of the molecule is COC(=O)CN1CCN(C(=O)C2CCC(N)C2)CC1. The van der Waals surface area contributed by atoms with Gasteiger partial charge in [-0.25, -0.2) is 0 Å². The van der Waals surface area contributed by atoms with Crippen molar-refractivity contribution >= 4 is 11.9 Å². The summed E-state index contributed by atoms with van der Waals surface area (Å²) in [5, 5.41) is 0. The number of hydrogen-bond donors (Lipinski definition) is 1. The molecule has 0 aromatic rings. The van der Waals surface area contributed by atoms with Crippen LogP contribution in [0.15, 0.2) is 0 Å². The van der Waals surface area contributed by atoms with E-state index in [0.29, 0.717) is 19.6 Å². The first kappa shape index (κ1) is 14.3. The first-order valence-electron chi connectivity index (χ1n) is 6.93. The standard InChI is InChI=1S/C13H23N3O3/c1-19-12(17)9-15-4-6-16(7-5-15)13(18)10-2-3-11(14)8-10/h10-11H,2-9,14H2,1H3. The molecule has 1 amide bonds. The molecule has 0 aromatic carbocycles. The van der Waals surface area contributed by atoms with Crippen LogP contribution in [0.2, 0.25) is 0 Å². The number of piperazine rings is 1. The molecule has 0 radical (unpaired) electrons. The van der Waals surface area contributed by atoms with E-state index in [9.17, 15) is 9.59 Å². The largest absolute Gasteiger partial charge is 0.468 e. The molecule has 6 heteroatoms. The molecule has 1 saturated carbocycles. The topological polar surface area (TPSA) is 75.9 Å². The Balaban J connectivity index is 1.76. The zero-order valence-corrected chi connectivity index (χ0v) is 11.5. The maximum Gasteiger partial charge on any atom is 0.319 e. The van der Waals surface area contributed by atoms with Crippen molar-refractivity contribution in [3.05, 3.63) is 0 Å². The van der Waals surface area contributed by atoms with Gasteiger partial charge in [-0.15, -0.1) is 0 Å². The van der Waals surface area contributed by atoms with Gasteiger partial charge in [0.2, 0.25) is 5.91 Å². The summed E-state index contributed by atoms with van der Waals surface area (Å²) < 4.78 is 4.65. The highest BCUT2D eigenvalue weighted by Gasteiger charge is 2.32. The number of nitrogens with two attached hydrogens (primary N) is 1. The van der Waals surface area contributed by atoms with Crippen molar-refractivity contribution in [2.75, 3.05) is 39.8 Å². The van der Waals surface area contributed by atoms with Gasteiger partial charge in [-0.2, -0.15) is 0 Å². The Morgan fingerprint density at radius 1 is 1.21 bits per heavy atom. The number of rotatable bonds is 3. The molecule has 2 atom stereocenters. The van der Waals surface area contributed by atoms with Crippen LogP contribution >= 0.6 is 0 Å². The molecule has 2 fully saturated rings. The highest BCUT2D eigenvalue weighted by atomic mass is 16.5. The quantitative estimate of drug-likeness (QED) is 0.695. The van der Waals surface area contributed by atoms with Gasteiger partial charge in [-0.3, -0.25) is 14.5 Å². The number of esters is 1. The molecule has 0 spiro atoms. The number of amides is 1. The third-order valence-corrected chi connectivity index (χ3v) is 4.09. The Hall–Kier alpha value is -1.14. The molecule has 2 aliphatic rings. The summed E-state index contributed by atoms with van der Waals surface area (Å²) >= 11 is 0. The summed E-state index contributed by atoms with van der Waals surface area (Å²) in [6.07, 6.45) is 2.70. The summed E-state index contributed by atoms with van der Waals surface area (Å²) in [5.41, 5.74) is 5.85. The minimum absolute atomic E-state index is 0.113. The third kappa shape index (κ3) is 3.67. The summed E-state index contributed by atoms with van der Waals surface area (Å²) in [6.45, 7) is 3.18. The van der Waals surface area contributed by atoms with Gasteiger partial charge < -0.3 is 15.4 Å². The molecule has 2 unspecified atom stereocenters. The minimum Gasteiger partial charge on any atom is -0.468 e. The fourth-order valence-corrected chi connectivity index (χ4v) is 2.87. The summed E-state index contributed by atoms with van der Waals surface area (Å²) in [6, 6.07) is 0.189. The second-order valence-electron chi connectivity index (χ2n) is 5.45. The van der Waals surface area contributed by atoms with Crippen molar-refractivity contribution in [2.45, 2.75) is 25.3 Å². The lowest BCUT2D eigenvalue weighted by molar-refractivity contribution is -0.143. The van der Waals surface area contributed by atoms with Crippen LogP contribution in [-0.2, 0) is 14.3 Å². The maximum atomic E-state index is 12.3. The van der Waals surface area contributed by atoms with E-state index in [4.69, 9.17) is 5.73 Å². The van der Waals surface area contributed by atoms with Crippen LogP contribution in [0.5, 0.6) is 0 Å².